The van der Waals surface area contributed by atoms with Crippen molar-refractivity contribution in [1.82, 2.24) is 4.90 Å². The molecule has 0 aromatic heterocycles. The Morgan fingerprint density at radius 2 is 1.56 bits per heavy atom. The van der Waals surface area contributed by atoms with E-state index in [1.807, 2.05) is 0 Å². The van der Waals surface area contributed by atoms with Crippen molar-refractivity contribution in [2.45, 2.75) is 63.5 Å². The van der Waals surface area contributed by atoms with Crippen molar-refractivity contribution in [2.24, 2.45) is 11.8 Å². The van der Waals surface area contributed by atoms with Gasteiger partial charge in [-0.25, -0.2) is 0 Å². The highest BCUT2D eigenvalue weighted by Gasteiger charge is 2.43. The van der Waals surface area contributed by atoms with Crippen LogP contribution in [0.25, 0.3) is 0 Å². The molecule has 2 heteroatoms. The van der Waals surface area contributed by atoms with Crippen LogP contribution in [0, 0.1) is 11.8 Å². The maximum atomic E-state index is 9.94. The number of likely N-dealkylation sites (tertiary alicyclic amines) is 1. The minimum atomic E-state index is 0.0146. The van der Waals surface area contributed by atoms with Crippen LogP contribution in [0.3, 0.4) is 0 Å². The second-order valence-electron chi connectivity index (χ2n) is 6.17. The first kappa shape index (κ1) is 11.0. The maximum Gasteiger partial charge on any atom is 0.0583 e. The van der Waals surface area contributed by atoms with Gasteiger partial charge in [-0.2, -0.15) is 0 Å². The molecule has 1 N–H and O–H groups in total. The van der Waals surface area contributed by atoms with E-state index in [4.69, 9.17) is 0 Å². The molecule has 3 rings (SSSR count). The molecule has 3 unspecified atom stereocenters. The lowest BCUT2D eigenvalue weighted by molar-refractivity contribution is 0.115. The summed E-state index contributed by atoms with van der Waals surface area (Å²) in [5.41, 5.74) is 0. The second-order valence-corrected chi connectivity index (χ2v) is 6.17. The van der Waals surface area contributed by atoms with E-state index in [0.717, 1.165) is 18.4 Å². The molecule has 0 spiro atoms. The molecule has 1 aliphatic heterocycles. The Labute approximate surface area is 99.0 Å². The molecule has 1 heterocycles. The summed E-state index contributed by atoms with van der Waals surface area (Å²) in [6.07, 6.45) is 10.9. The fourth-order valence-electron chi connectivity index (χ4n) is 4.19. The zero-order chi connectivity index (χ0) is 11.0. The Kier molecular flexibility index (Phi) is 3.21. The quantitative estimate of drug-likeness (QED) is 0.690. The van der Waals surface area contributed by atoms with Crippen LogP contribution in [0.1, 0.15) is 51.4 Å². The van der Waals surface area contributed by atoms with E-state index in [2.05, 4.69) is 4.90 Å². The zero-order valence-corrected chi connectivity index (χ0v) is 10.3. The first-order chi connectivity index (χ1) is 7.84. The van der Waals surface area contributed by atoms with Crippen molar-refractivity contribution in [1.29, 1.82) is 0 Å². The number of aliphatic hydroxyl groups excluding tert-OH is 1. The summed E-state index contributed by atoms with van der Waals surface area (Å²) < 4.78 is 0. The van der Waals surface area contributed by atoms with Crippen molar-refractivity contribution in [3.8, 4) is 0 Å². The van der Waals surface area contributed by atoms with E-state index in [1.54, 1.807) is 0 Å². The smallest absolute Gasteiger partial charge is 0.0583 e. The van der Waals surface area contributed by atoms with Gasteiger partial charge < -0.3 is 5.11 Å². The van der Waals surface area contributed by atoms with Gasteiger partial charge in [0.05, 0.1) is 6.10 Å². The highest BCUT2D eigenvalue weighted by Crippen LogP contribution is 2.40. The minimum absolute atomic E-state index is 0.0146. The Hall–Kier alpha value is -0.0800. The van der Waals surface area contributed by atoms with Crippen molar-refractivity contribution >= 4 is 0 Å². The van der Waals surface area contributed by atoms with Crippen molar-refractivity contribution in [3.63, 3.8) is 0 Å². The molecule has 1 saturated heterocycles. The van der Waals surface area contributed by atoms with Gasteiger partial charge in [-0.05, 0) is 31.6 Å². The Bertz CT molecular complexity index is 235. The molecule has 3 fully saturated rings. The van der Waals surface area contributed by atoms with E-state index in [9.17, 15) is 5.11 Å². The molecule has 16 heavy (non-hydrogen) atoms. The average molecular weight is 223 g/mol. The predicted octanol–water partition coefficient (Wildman–Crippen LogP) is 2.41. The Morgan fingerprint density at radius 3 is 2.25 bits per heavy atom. The fourth-order valence-corrected chi connectivity index (χ4v) is 4.19. The van der Waals surface area contributed by atoms with Gasteiger partial charge in [0, 0.05) is 25.0 Å². The lowest BCUT2D eigenvalue weighted by Crippen LogP contribution is -2.34. The summed E-state index contributed by atoms with van der Waals surface area (Å²) in [5.74, 6) is 1.43. The molecular weight excluding hydrogens is 198 g/mol. The standard InChI is InChI=1S/C14H25NO/c16-14-8-7-11-9-15(10-13(11)14)12-5-3-1-2-4-6-12/h11-14,16H,1-10H2. The number of fused-ring (bicyclic) bond motifs is 1. The van der Waals surface area contributed by atoms with Gasteiger partial charge >= 0.3 is 0 Å². The topological polar surface area (TPSA) is 23.5 Å². The first-order valence-corrected chi connectivity index (χ1v) is 7.27. The molecule has 2 nitrogen and oxygen atoms in total. The number of hydrogen-bond acceptors (Lipinski definition) is 2. The van der Waals surface area contributed by atoms with Crippen LogP contribution in [0.4, 0.5) is 0 Å². The van der Waals surface area contributed by atoms with Crippen molar-refractivity contribution in [3.05, 3.63) is 0 Å². The molecular formula is C14H25NO. The second kappa shape index (κ2) is 4.66. The van der Waals surface area contributed by atoms with Gasteiger partial charge in [-0.3, -0.25) is 4.90 Å². The monoisotopic (exact) mass is 223 g/mol. The lowest BCUT2D eigenvalue weighted by Gasteiger charge is -2.27. The summed E-state index contributed by atoms with van der Waals surface area (Å²) in [7, 11) is 0. The van der Waals surface area contributed by atoms with Crippen LogP contribution >= 0.6 is 0 Å². The SMILES string of the molecule is OC1CCC2CN(C3CCCCCC3)CC12. The molecule has 3 aliphatic rings. The molecule has 0 bridgehead atoms. The lowest BCUT2D eigenvalue weighted by atomic mass is 10.00. The third-order valence-electron chi connectivity index (χ3n) is 5.19. The highest BCUT2D eigenvalue weighted by molar-refractivity contribution is 4.95. The molecule has 0 aromatic carbocycles. The van der Waals surface area contributed by atoms with Crippen LogP contribution in [0.15, 0.2) is 0 Å². The van der Waals surface area contributed by atoms with E-state index < -0.39 is 0 Å². The third-order valence-corrected chi connectivity index (χ3v) is 5.19. The first-order valence-electron chi connectivity index (χ1n) is 7.27. The van der Waals surface area contributed by atoms with Crippen molar-refractivity contribution < 1.29 is 5.11 Å². The highest BCUT2D eigenvalue weighted by atomic mass is 16.3. The van der Waals surface area contributed by atoms with Crippen LogP contribution in [0.5, 0.6) is 0 Å². The minimum Gasteiger partial charge on any atom is -0.393 e. The van der Waals surface area contributed by atoms with E-state index >= 15 is 0 Å². The number of hydrogen-bond donors (Lipinski definition) is 1. The Balaban J connectivity index is 1.60. The molecule has 0 amide bonds. The molecule has 2 aliphatic carbocycles. The van der Waals surface area contributed by atoms with Crippen LogP contribution in [-0.4, -0.2) is 35.2 Å². The number of nitrogens with zero attached hydrogens (tertiary/aromatic N) is 1. The number of rotatable bonds is 1. The van der Waals surface area contributed by atoms with E-state index in [-0.39, 0.29) is 6.10 Å². The van der Waals surface area contributed by atoms with E-state index in [1.165, 1.54) is 58.0 Å². The van der Waals surface area contributed by atoms with Gasteiger partial charge in [-0.1, -0.05) is 25.7 Å². The maximum absolute atomic E-state index is 9.94. The molecule has 3 atom stereocenters. The van der Waals surface area contributed by atoms with Gasteiger partial charge in [-0.15, -0.1) is 0 Å². The number of aliphatic hydroxyl groups is 1. The normalized spacial score (nSPS) is 42.2. The van der Waals surface area contributed by atoms with Gasteiger partial charge in [0.1, 0.15) is 0 Å². The van der Waals surface area contributed by atoms with Gasteiger partial charge in [0.15, 0.2) is 0 Å². The largest absolute Gasteiger partial charge is 0.393 e. The molecule has 92 valence electrons. The fraction of sp³-hybridized carbons (Fsp3) is 1.00. The summed E-state index contributed by atoms with van der Waals surface area (Å²) in [6, 6.07) is 0.847. The summed E-state index contributed by atoms with van der Waals surface area (Å²) in [4.78, 5) is 2.71. The zero-order valence-electron chi connectivity index (χ0n) is 10.3. The summed E-state index contributed by atoms with van der Waals surface area (Å²) in [5, 5.41) is 9.94. The summed E-state index contributed by atoms with van der Waals surface area (Å²) >= 11 is 0. The van der Waals surface area contributed by atoms with Gasteiger partial charge in [0.25, 0.3) is 0 Å². The summed E-state index contributed by atoms with van der Waals surface area (Å²) in [6.45, 7) is 2.48. The van der Waals surface area contributed by atoms with Crippen LogP contribution in [-0.2, 0) is 0 Å². The average Bonchev–Trinajstić information content (AvgIpc) is 2.72. The van der Waals surface area contributed by atoms with Crippen molar-refractivity contribution in [2.75, 3.05) is 13.1 Å². The molecule has 0 radical (unpaired) electrons. The van der Waals surface area contributed by atoms with Crippen LogP contribution in [0.2, 0.25) is 0 Å². The van der Waals surface area contributed by atoms with E-state index in [0.29, 0.717) is 5.92 Å². The molecule has 0 aromatic rings. The van der Waals surface area contributed by atoms with Crippen LogP contribution < -0.4 is 0 Å². The predicted molar refractivity (Wildman–Crippen MR) is 65.3 cm³/mol. The molecule has 2 saturated carbocycles. The van der Waals surface area contributed by atoms with Gasteiger partial charge in [0.2, 0.25) is 0 Å². The Morgan fingerprint density at radius 1 is 0.812 bits per heavy atom. The third kappa shape index (κ3) is 2.02.